The highest BCUT2D eigenvalue weighted by Crippen LogP contribution is 2.32. The van der Waals surface area contributed by atoms with E-state index in [4.69, 9.17) is 15.9 Å². The van der Waals surface area contributed by atoms with Gasteiger partial charge in [-0.1, -0.05) is 12.1 Å². The molecule has 0 radical (unpaired) electrons. The van der Waals surface area contributed by atoms with Gasteiger partial charge in [0.25, 0.3) is 0 Å². The molecule has 1 heterocycles. The minimum absolute atomic E-state index is 0.150. The number of halogens is 2. The third-order valence-corrected chi connectivity index (χ3v) is 3.07. The molecule has 0 aliphatic carbocycles. The minimum atomic E-state index is -0.810. The lowest BCUT2D eigenvalue weighted by atomic mass is 10.2. The van der Waals surface area contributed by atoms with Crippen LogP contribution in [0.15, 0.2) is 42.6 Å². The standard InChI is InChI=1S/C15H11F2N3O/c16-11-7-12-10(4-5-20-12)13(17)14(11)21-9-3-1-2-8(6-9)15(18)19/h1-7,20H,(H3,18,19). The molecule has 0 bridgehead atoms. The monoisotopic (exact) mass is 287 g/mol. The second-order valence-corrected chi connectivity index (χ2v) is 4.48. The number of fused-ring (bicyclic) bond motifs is 1. The molecule has 2 aromatic carbocycles. The second-order valence-electron chi connectivity index (χ2n) is 4.48. The van der Waals surface area contributed by atoms with Gasteiger partial charge in [0.2, 0.25) is 0 Å². The number of ether oxygens (including phenoxy) is 1. The predicted molar refractivity (Wildman–Crippen MR) is 75.7 cm³/mol. The van der Waals surface area contributed by atoms with Crippen LogP contribution < -0.4 is 10.5 Å². The van der Waals surface area contributed by atoms with Crippen molar-refractivity contribution in [2.24, 2.45) is 5.73 Å². The van der Waals surface area contributed by atoms with Crippen molar-refractivity contribution in [1.29, 1.82) is 5.41 Å². The highest BCUT2D eigenvalue weighted by Gasteiger charge is 2.16. The van der Waals surface area contributed by atoms with Crippen LogP contribution in [0.25, 0.3) is 10.9 Å². The Balaban J connectivity index is 2.05. The zero-order valence-corrected chi connectivity index (χ0v) is 10.8. The van der Waals surface area contributed by atoms with Gasteiger partial charge in [-0.05, 0) is 18.2 Å². The molecular formula is C15H11F2N3O. The minimum Gasteiger partial charge on any atom is -0.451 e. The van der Waals surface area contributed by atoms with Gasteiger partial charge >= 0.3 is 0 Å². The lowest BCUT2D eigenvalue weighted by molar-refractivity contribution is 0.411. The molecule has 0 aliphatic heterocycles. The Morgan fingerprint density at radius 1 is 1.19 bits per heavy atom. The maximum atomic E-state index is 14.3. The summed E-state index contributed by atoms with van der Waals surface area (Å²) < 4.78 is 33.5. The first-order chi connectivity index (χ1) is 10.1. The topological polar surface area (TPSA) is 74.9 Å². The van der Waals surface area contributed by atoms with Crippen LogP contribution in [0.2, 0.25) is 0 Å². The van der Waals surface area contributed by atoms with Crippen LogP contribution in [-0.4, -0.2) is 10.8 Å². The van der Waals surface area contributed by atoms with E-state index in [0.29, 0.717) is 11.1 Å². The number of hydrogen-bond acceptors (Lipinski definition) is 2. The van der Waals surface area contributed by atoms with Crippen LogP contribution in [0, 0.1) is 17.0 Å². The largest absolute Gasteiger partial charge is 0.451 e. The fourth-order valence-corrected chi connectivity index (χ4v) is 2.05. The first kappa shape index (κ1) is 13.1. The lowest BCUT2D eigenvalue weighted by Crippen LogP contribution is -2.10. The number of nitrogen functional groups attached to an aromatic ring is 1. The number of hydrogen-bond donors (Lipinski definition) is 3. The van der Waals surface area contributed by atoms with Gasteiger partial charge < -0.3 is 15.5 Å². The van der Waals surface area contributed by atoms with Crippen LogP contribution in [-0.2, 0) is 0 Å². The number of nitrogens with two attached hydrogens (primary N) is 1. The van der Waals surface area contributed by atoms with Crippen molar-refractivity contribution in [3.63, 3.8) is 0 Å². The van der Waals surface area contributed by atoms with Gasteiger partial charge in [-0.25, -0.2) is 8.78 Å². The zero-order chi connectivity index (χ0) is 15.0. The maximum absolute atomic E-state index is 14.3. The Morgan fingerprint density at radius 3 is 2.76 bits per heavy atom. The van der Waals surface area contributed by atoms with E-state index in [2.05, 4.69) is 4.98 Å². The van der Waals surface area contributed by atoms with Crippen LogP contribution in [0.4, 0.5) is 8.78 Å². The molecule has 0 saturated carbocycles. The molecule has 1 aromatic heterocycles. The number of aromatic nitrogens is 1. The number of amidine groups is 1. The summed E-state index contributed by atoms with van der Waals surface area (Å²) in [6.07, 6.45) is 1.52. The fraction of sp³-hybridized carbons (Fsp3) is 0. The van der Waals surface area contributed by atoms with Crippen molar-refractivity contribution < 1.29 is 13.5 Å². The summed E-state index contributed by atoms with van der Waals surface area (Å²) in [6.45, 7) is 0. The van der Waals surface area contributed by atoms with E-state index < -0.39 is 17.4 Å². The van der Waals surface area contributed by atoms with Crippen molar-refractivity contribution in [3.8, 4) is 11.5 Å². The Kier molecular flexibility index (Phi) is 3.06. The van der Waals surface area contributed by atoms with E-state index in [1.165, 1.54) is 30.5 Å². The Bertz CT molecular complexity index is 842. The van der Waals surface area contributed by atoms with Gasteiger partial charge in [0.05, 0.1) is 5.52 Å². The van der Waals surface area contributed by atoms with Crippen LogP contribution in [0.1, 0.15) is 5.56 Å². The summed E-state index contributed by atoms with van der Waals surface area (Å²) in [7, 11) is 0. The molecule has 0 amide bonds. The first-order valence-electron chi connectivity index (χ1n) is 6.13. The molecule has 3 aromatic rings. The van der Waals surface area contributed by atoms with Crippen LogP contribution >= 0.6 is 0 Å². The van der Waals surface area contributed by atoms with Gasteiger partial charge in [0.15, 0.2) is 17.4 Å². The van der Waals surface area contributed by atoms with E-state index in [9.17, 15) is 8.78 Å². The molecule has 3 rings (SSSR count). The summed E-state index contributed by atoms with van der Waals surface area (Å²) in [4.78, 5) is 2.74. The predicted octanol–water partition coefficient (Wildman–Crippen LogP) is 3.52. The van der Waals surface area contributed by atoms with E-state index in [-0.39, 0.29) is 17.0 Å². The van der Waals surface area contributed by atoms with E-state index >= 15 is 0 Å². The molecule has 0 atom stereocenters. The van der Waals surface area contributed by atoms with E-state index in [1.54, 1.807) is 12.1 Å². The number of benzene rings is 2. The van der Waals surface area contributed by atoms with Crippen molar-refractivity contribution in [2.45, 2.75) is 0 Å². The lowest BCUT2D eigenvalue weighted by Gasteiger charge is -2.09. The van der Waals surface area contributed by atoms with Crippen molar-refractivity contribution >= 4 is 16.7 Å². The van der Waals surface area contributed by atoms with Gasteiger partial charge in [-0.3, -0.25) is 5.41 Å². The van der Waals surface area contributed by atoms with Crippen molar-refractivity contribution in [1.82, 2.24) is 4.98 Å². The molecule has 106 valence electrons. The molecule has 6 heteroatoms. The van der Waals surface area contributed by atoms with Crippen LogP contribution in [0.5, 0.6) is 11.5 Å². The first-order valence-corrected chi connectivity index (χ1v) is 6.13. The summed E-state index contributed by atoms with van der Waals surface area (Å²) in [5, 5.41) is 7.60. The van der Waals surface area contributed by atoms with Crippen molar-refractivity contribution in [2.75, 3.05) is 0 Å². The summed E-state index contributed by atoms with van der Waals surface area (Å²) >= 11 is 0. The molecule has 0 spiro atoms. The Morgan fingerprint density at radius 2 is 2.00 bits per heavy atom. The van der Waals surface area contributed by atoms with Gasteiger partial charge in [-0.15, -0.1) is 0 Å². The van der Waals surface area contributed by atoms with E-state index in [0.717, 1.165) is 0 Å². The summed E-state index contributed by atoms with van der Waals surface area (Å²) in [6, 6.07) is 8.86. The SMILES string of the molecule is N=C(N)c1cccc(Oc2c(F)cc3[nH]ccc3c2F)c1. The zero-order valence-electron chi connectivity index (χ0n) is 10.8. The molecule has 0 fully saturated rings. The molecule has 0 aliphatic rings. The molecule has 4 N–H and O–H groups in total. The highest BCUT2D eigenvalue weighted by atomic mass is 19.1. The third kappa shape index (κ3) is 2.31. The van der Waals surface area contributed by atoms with Gasteiger partial charge in [-0.2, -0.15) is 0 Å². The van der Waals surface area contributed by atoms with Gasteiger partial charge in [0, 0.05) is 23.2 Å². The number of aromatic amines is 1. The molecule has 4 nitrogen and oxygen atoms in total. The third-order valence-electron chi connectivity index (χ3n) is 3.07. The fourth-order valence-electron chi connectivity index (χ4n) is 2.05. The normalized spacial score (nSPS) is 10.8. The average Bonchev–Trinajstić information content (AvgIpc) is 2.92. The Hall–Kier alpha value is -2.89. The molecule has 0 unspecified atom stereocenters. The van der Waals surface area contributed by atoms with Crippen molar-refractivity contribution in [3.05, 3.63) is 59.8 Å². The van der Waals surface area contributed by atoms with Crippen LogP contribution in [0.3, 0.4) is 0 Å². The molecule has 0 saturated heterocycles. The molecular weight excluding hydrogens is 276 g/mol. The number of nitrogens with one attached hydrogen (secondary N) is 2. The number of rotatable bonds is 3. The second kappa shape index (κ2) is 4.90. The highest BCUT2D eigenvalue weighted by molar-refractivity contribution is 5.95. The number of H-pyrrole nitrogens is 1. The summed E-state index contributed by atoms with van der Waals surface area (Å²) in [5.74, 6) is -2.02. The summed E-state index contributed by atoms with van der Waals surface area (Å²) in [5.41, 5.74) is 6.14. The quantitative estimate of drug-likeness (QED) is 0.509. The maximum Gasteiger partial charge on any atom is 0.199 e. The smallest absolute Gasteiger partial charge is 0.199 e. The average molecular weight is 287 g/mol. The van der Waals surface area contributed by atoms with E-state index in [1.807, 2.05) is 0 Å². The Labute approximate surface area is 118 Å². The molecule has 21 heavy (non-hydrogen) atoms. The van der Waals surface area contributed by atoms with Gasteiger partial charge in [0.1, 0.15) is 11.6 Å².